The summed E-state index contributed by atoms with van der Waals surface area (Å²) in [5, 5.41) is 13.6. The molecular formula is C19H17ClN6O2. The van der Waals surface area contributed by atoms with Crippen LogP contribution in [0.3, 0.4) is 0 Å². The van der Waals surface area contributed by atoms with Crippen LogP contribution in [0.2, 0.25) is 5.02 Å². The summed E-state index contributed by atoms with van der Waals surface area (Å²) in [4.78, 5) is 4.62. The van der Waals surface area contributed by atoms with Gasteiger partial charge in [0.1, 0.15) is 30.1 Å². The van der Waals surface area contributed by atoms with Gasteiger partial charge in [0.25, 0.3) is 0 Å². The zero-order chi connectivity index (χ0) is 19.3. The van der Waals surface area contributed by atoms with E-state index in [-0.39, 0.29) is 0 Å². The first-order chi connectivity index (χ1) is 13.7. The molecule has 0 saturated heterocycles. The van der Waals surface area contributed by atoms with Crippen LogP contribution in [0.5, 0.6) is 0 Å². The third kappa shape index (κ3) is 2.64. The molecule has 142 valence electrons. The summed E-state index contributed by atoms with van der Waals surface area (Å²) in [5.41, 5.74) is 4.26. The number of nitrogens with zero attached hydrogens (tertiary/aromatic N) is 6. The highest BCUT2D eigenvalue weighted by Gasteiger charge is 2.27. The Balaban J connectivity index is 1.75. The highest BCUT2D eigenvalue weighted by molar-refractivity contribution is 6.31. The van der Waals surface area contributed by atoms with Crippen molar-refractivity contribution in [3.63, 3.8) is 0 Å². The van der Waals surface area contributed by atoms with E-state index in [2.05, 4.69) is 20.3 Å². The van der Waals surface area contributed by atoms with Crippen molar-refractivity contribution in [1.29, 1.82) is 0 Å². The predicted octanol–water partition coefficient (Wildman–Crippen LogP) is 3.65. The van der Waals surface area contributed by atoms with E-state index in [0.717, 1.165) is 40.0 Å². The van der Waals surface area contributed by atoms with Gasteiger partial charge in [0, 0.05) is 23.3 Å². The maximum absolute atomic E-state index is 6.29. The van der Waals surface area contributed by atoms with Crippen molar-refractivity contribution in [2.45, 2.75) is 27.0 Å². The van der Waals surface area contributed by atoms with Crippen LogP contribution >= 0.6 is 11.6 Å². The fraction of sp³-hybridized carbons (Fsp3) is 0.263. The van der Waals surface area contributed by atoms with E-state index in [9.17, 15) is 0 Å². The van der Waals surface area contributed by atoms with Gasteiger partial charge in [-0.15, -0.1) is 10.2 Å². The molecular weight excluding hydrogens is 380 g/mol. The van der Waals surface area contributed by atoms with E-state index in [1.807, 2.05) is 47.2 Å². The highest BCUT2D eigenvalue weighted by Crippen LogP contribution is 2.36. The lowest BCUT2D eigenvalue weighted by Gasteiger charge is -2.09. The fourth-order valence-electron chi connectivity index (χ4n) is 3.47. The molecule has 0 N–H and O–H groups in total. The minimum Gasteiger partial charge on any atom is -0.374 e. The van der Waals surface area contributed by atoms with Crippen molar-refractivity contribution < 1.29 is 9.26 Å². The molecule has 1 aromatic carbocycles. The topological polar surface area (TPSA) is 83.8 Å². The molecule has 0 fully saturated rings. The molecule has 28 heavy (non-hydrogen) atoms. The van der Waals surface area contributed by atoms with Crippen LogP contribution in [0.1, 0.15) is 24.2 Å². The molecule has 3 aromatic heterocycles. The standard InChI is InChI=1S/C19H17ClN6O2/c1-3-27-9-17-22-23-19-13-7-12(20)4-5-15(13)26-10-21-18(16(26)8-25(17)19)14-6-11(2)28-24-14/h4-7,10H,3,8-9H2,1-2H3. The number of ether oxygens (including phenoxy) is 1. The second-order valence-corrected chi connectivity index (χ2v) is 6.99. The number of aryl methyl sites for hydroxylation is 1. The van der Waals surface area contributed by atoms with Crippen molar-refractivity contribution in [3.8, 4) is 28.5 Å². The molecule has 8 nitrogen and oxygen atoms in total. The summed E-state index contributed by atoms with van der Waals surface area (Å²) in [5.74, 6) is 2.23. The van der Waals surface area contributed by atoms with Crippen LogP contribution in [-0.4, -0.2) is 36.1 Å². The predicted molar refractivity (Wildman–Crippen MR) is 102 cm³/mol. The molecule has 0 radical (unpaired) electrons. The second kappa shape index (κ2) is 6.57. The van der Waals surface area contributed by atoms with Crippen molar-refractivity contribution >= 4 is 11.6 Å². The largest absolute Gasteiger partial charge is 0.374 e. The number of hydrogen-bond acceptors (Lipinski definition) is 6. The van der Waals surface area contributed by atoms with Gasteiger partial charge in [0.15, 0.2) is 11.6 Å². The van der Waals surface area contributed by atoms with Crippen molar-refractivity contribution in [1.82, 2.24) is 29.5 Å². The quantitative estimate of drug-likeness (QED) is 0.461. The molecule has 0 aliphatic carbocycles. The van der Waals surface area contributed by atoms with Crippen LogP contribution in [0, 0.1) is 6.92 Å². The Hall–Kier alpha value is -2.97. The van der Waals surface area contributed by atoms with Gasteiger partial charge in [-0.25, -0.2) is 4.98 Å². The zero-order valence-corrected chi connectivity index (χ0v) is 16.1. The number of benzene rings is 1. The van der Waals surface area contributed by atoms with E-state index < -0.39 is 0 Å². The first kappa shape index (κ1) is 17.2. The van der Waals surface area contributed by atoms with Gasteiger partial charge in [0.05, 0.1) is 17.9 Å². The Morgan fingerprint density at radius 2 is 2.14 bits per heavy atom. The maximum atomic E-state index is 6.29. The van der Waals surface area contributed by atoms with Gasteiger partial charge >= 0.3 is 0 Å². The number of imidazole rings is 1. The maximum Gasteiger partial charge on any atom is 0.166 e. The summed E-state index contributed by atoms with van der Waals surface area (Å²) in [6.07, 6.45) is 1.80. The number of rotatable bonds is 4. The van der Waals surface area contributed by atoms with Crippen LogP contribution in [-0.2, 0) is 17.9 Å². The third-order valence-corrected chi connectivity index (χ3v) is 5.00. The monoisotopic (exact) mass is 396 g/mol. The molecule has 0 saturated carbocycles. The summed E-state index contributed by atoms with van der Waals surface area (Å²) in [6.45, 7) is 5.33. The lowest BCUT2D eigenvalue weighted by molar-refractivity contribution is 0.125. The average Bonchev–Trinajstić information content (AvgIpc) is 3.38. The number of aromatic nitrogens is 6. The van der Waals surface area contributed by atoms with Gasteiger partial charge in [0.2, 0.25) is 0 Å². The number of hydrogen-bond donors (Lipinski definition) is 0. The van der Waals surface area contributed by atoms with E-state index >= 15 is 0 Å². The van der Waals surface area contributed by atoms with Gasteiger partial charge < -0.3 is 13.8 Å². The second-order valence-electron chi connectivity index (χ2n) is 6.56. The van der Waals surface area contributed by atoms with E-state index in [1.54, 1.807) is 6.33 Å². The molecule has 4 heterocycles. The smallest absolute Gasteiger partial charge is 0.166 e. The van der Waals surface area contributed by atoms with Crippen molar-refractivity contribution in [2.75, 3.05) is 6.61 Å². The molecule has 0 bridgehead atoms. The zero-order valence-electron chi connectivity index (χ0n) is 15.4. The molecule has 5 rings (SSSR count). The van der Waals surface area contributed by atoms with Gasteiger partial charge in [-0.2, -0.15) is 0 Å². The Morgan fingerprint density at radius 3 is 2.93 bits per heavy atom. The molecule has 4 aromatic rings. The Kier molecular flexibility index (Phi) is 4.03. The van der Waals surface area contributed by atoms with E-state index in [0.29, 0.717) is 30.5 Å². The SMILES string of the molecule is CCOCc1nnc2n1Cc1c(-c3cc(C)on3)ncn1-c1ccc(Cl)cc1-2. The van der Waals surface area contributed by atoms with E-state index in [1.165, 1.54) is 0 Å². The minimum atomic E-state index is 0.381. The van der Waals surface area contributed by atoms with Crippen LogP contribution in [0.15, 0.2) is 35.1 Å². The third-order valence-electron chi connectivity index (χ3n) is 4.77. The Labute approximate surface area is 165 Å². The first-order valence-corrected chi connectivity index (χ1v) is 9.33. The summed E-state index contributed by atoms with van der Waals surface area (Å²) in [7, 11) is 0. The summed E-state index contributed by atoms with van der Waals surface area (Å²) < 4.78 is 14.9. The molecule has 0 unspecified atom stereocenters. The number of halogens is 1. The minimum absolute atomic E-state index is 0.381. The van der Waals surface area contributed by atoms with Crippen molar-refractivity contribution in [3.05, 3.63) is 52.9 Å². The van der Waals surface area contributed by atoms with Crippen molar-refractivity contribution in [2.24, 2.45) is 0 Å². The Bertz CT molecular complexity index is 1180. The normalized spacial score (nSPS) is 12.4. The molecule has 1 aliphatic heterocycles. The number of fused-ring (bicyclic) bond motifs is 5. The molecule has 1 aliphatic rings. The van der Waals surface area contributed by atoms with Gasteiger partial charge in [-0.3, -0.25) is 4.57 Å². The molecule has 0 amide bonds. The van der Waals surface area contributed by atoms with Gasteiger partial charge in [-0.1, -0.05) is 16.8 Å². The molecule has 0 spiro atoms. The van der Waals surface area contributed by atoms with Crippen LogP contribution in [0.4, 0.5) is 0 Å². The van der Waals surface area contributed by atoms with Crippen LogP contribution in [0.25, 0.3) is 28.5 Å². The summed E-state index contributed by atoms with van der Waals surface area (Å²) >= 11 is 6.29. The lowest BCUT2D eigenvalue weighted by atomic mass is 10.1. The van der Waals surface area contributed by atoms with Gasteiger partial charge in [-0.05, 0) is 32.0 Å². The Morgan fingerprint density at radius 1 is 1.25 bits per heavy atom. The highest BCUT2D eigenvalue weighted by atomic mass is 35.5. The van der Waals surface area contributed by atoms with E-state index in [4.69, 9.17) is 20.9 Å². The molecule has 0 atom stereocenters. The molecule has 9 heteroatoms. The summed E-state index contributed by atoms with van der Waals surface area (Å²) in [6, 6.07) is 7.60. The lowest BCUT2D eigenvalue weighted by Crippen LogP contribution is -2.09. The average molecular weight is 397 g/mol. The fourth-order valence-corrected chi connectivity index (χ4v) is 3.64. The van der Waals surface area contributed by atoms with Crippen LogP contribution < -0.4 is 0 Å². The first-order valence-electron chi connectivity index (χ1n) is 8.95.